The van der Waals surface area contributed by atoms with Crippen molar-refractivity contribution < 1.29 is 4.79 Å². The predicted octanol–water partition coefficient (Wildman–Crippen LogP) is 3.14. The Labute approximate surface area is 128 Å². The molecule has 22 heavy (non-hydrogen) atoms. The summed E-state index contributed by atoms with van der Waals surface area (Å²) in [6.07, 6.45) is 0. The van der Waals surface area contributed by atoms with Crippen molar-refractivity contribution in [3.05, 3.63) is 54.6 Å². The molecular formula is C16H15N5O. The standard InChI is InChI=1S/C16H15N5O/c1-11-15(19-18-13-9-7-12(17)8-10-13)16(22)21(20-11)14-5-3-2-4-6-14/h2-10,15H,17H2,1H3. The summed E-state index contributed by atoms with van der Waals surface area (Å²) < 4.78 is 0. The molecule has 6 nitrogen and oxygen atoms in total. The highest BCUT2D eigenvalue weighted by Gasteiger charge is 2.34. The molecule has 0 spiro atoms. The normalized spacial score (nSPS) is 18.0. The maximum absolute atomic E-state index is 12.4. The average Bonchev–Trinajstić information content (AvgIpc) is 2.82. The Bertz CT molecular complexity index is 737. The van der Waals surface area contributed by atoms with E-state index in [1.807, 2.05) is 30.3 Å². The smallest absolute Gasteiger partial charge is 0.280 e. The minimum Gasteiger partial charge on any atom is -0.399 e. The van der Waals surface area contributed by atoms with E-state index in [2.05, 4.69) is 15.3 Å². The van der Waals surface area contributed by atoms with Crippen LogP contribution in [0.15, 0.2) is 69.9 Å². The number of benzene rings is 2. The van der Waals surface area contributed by atoms with Crippen molar-refractivity contribution in [2.24, 2.45) is 15.3 Å². The van der Waals surface area contributed by atoms with Crippen molar-refractivity contribution in [3.8, 4) is 0 Å². The van der Waals surface area contributed by atoms with Gasteiger partial charge in [-0.05, 0) is 43.3 Å². The highest BCUT2D eigenvalue weighted by atomic mass is 16.2. The quantitative estimate of drug-likeness (QED) is 0.696. The Morgan fingerprint density at radius 3 is 2.45 bits per heavy atom. The molecule has 1 amide bonds. The molecule has 0 bridgehead atoms. The third-order valence-electron chi connectivity index (χ3n) is 3.28. The lowest BCUT2D eigenvalue weighted by Gasteiger charge is -2.11. The summed E-state index contributed by atoms with van der Waals surface area (Å²) in [5.41, 5.74) is 8.26. The fraction of sp³-hybridized carbons (Fsp3) is 0.125. The first-order chi connectivity index (χ1) is 10.6. The topological polar surface area (TPSA) is 83.4 Å². The molecule has 0 saturated carbocycles. The monoisotopic (exact) mass is 293 g/mol. The average molecular weight is 293 g/mol. The van der Waals surface area contributed by atoms with E-state index in [9.17, 15) is 4.79 Å². The van der Waals surface area contributed by atoms with E-state index in [-0.39, 0.29) is 5.91 Å². The highest BCUT2D eigenvalue weighted by molar-refractivity contribution is 6.18. The van der Waals surface area contributed by atoms with Crippen molar-refractivity contribution in [1.29, 1.82) is 0 Å². The van der Waals surface area contributed by atoms with Crippen LogP contribution >= 0.6 is 0 Å². The summed E-state index contributed by atoms with van der Waals surface area (Å²) >= 11 is 0. The fourth-order valence-electron chi connectivity index (χ4n) is 2.11. The van der Waals surface area contributed by atoms with Gasteiger partial charge in [-0.3, -0.25) is 4.79 Å². The molecule has 0 saturated heterocycles. The lowest BCUT2D eigenvalue weighted by Crippen LogP contribution is -2.29. The van der Waals surface area contributed by atoms with Crippen LogP contribution in [0.3, 0.4) is 0 Å². The van der Waals surface area contributed by atoms with Crippen LogP contribution in [0.5, 0.6) is 0 Å². The number of nitrogens with zero attached hydrogens (tertiary/aromatic N) is 4. The Morgan fingerprint density at radius 2 is 1.77 bits per heavy atom. The molecule has 2 aromatic rings. The molecular weight excluding hydrogens is 278 g/mol. The predicted molar refractivity (Wildman–Crippen MR) is 86.2 cm³/mol. The molecule has 2 aromatic carbocycles. The first kappa shape index (κ1) is 13.9. The number of azo groups is 1. The molecule has 1 atom stereocenters. The van der Waals surface area contributed by atoms with Crippen molar-refractivity contribution in [2.45, 2.75) is 13.0 Å². The van der Waals surface area contributed by atoms with Crippen molar-refractivity contribution >= 4 is 28.7 Å². The van der Waals surface area contributed by atoms with E-state index in [1.54, 1.807) is 31.2 Å². The molecule has 3 rings (SSSR count). The summed E-state index contributed by atoms with van der Waals surface area (Å²) in [6.45, 7) is 1.77. The molecule has 1 heterocycles. The van der Waals surface area contributed by atoms with Gasteiger partial charge in [-0.25, -0.2) is 0 Å². The van der Waals surface area contributed by atoms with Gasteiger partial charge in [0.1, 0.15) is 0 Å². The zero-order valence-electron chi connectivity index (χ0n) is 12.0. The van der Waals surface area contributed by atoms with Crippen molar-refractivity contribution in [3.63, 3.8) is 0 Å². The summed E-state index contributed by atoms with van der Waals surface area (Å²) in [5.74, 6) is -0.206. The maximum atomic E-state index is 12.4. The SMILES string of the molecule is CC1=NN(c2ccccc2)C(=O)C1N=Nc1ccc(N)cc1. The lowest BCUT2D eigenvalue weighted by atomic mass is 10.2. The van der Waals surface area contributed by atoms with Crippen LogP contribution in [-0.4, -0.2) is 17.7 Å². The second kappa shape index (κ2) is 5.77. The Hall–Kier alpha value is -3.02. The third-order valence-corrected chi connectivity index (χ3v) is 3.28. The molecule has 1 aliphatic rings. The number of amides is 1. The van der Waals surface area contributed by atoms with Gasteiger partial charge in [0.15, 0.2) is 6.04 Å². The number of carbonyl (C=O) groups is 1. The molecule has 0 fully saturated rings. The third kappa shape index (κ3) is 2.71. The molecule has 1 aliphatic heterocycles. The Kier molecular flexibility index (Phi) is 3.65. The number of para-hydroxylation sites is 1. The number of hydrogen-bond donors (Lipinski definition) is 1. The largest absolute Gasteiger partial charge is 0.399 e. The van der Waals surface area contributed by atoms with Crippen LogP contribution in [0.2, 0.25) is 0 Å². The molecule has 110 valence electrons. The second-order valence-corrected chi connectivity index (χ2v) is 4.94. The number of hydrogen-bond acceptors (Lipinski definition) is 5. The summed E-state index contributed by atoms with van der Waals surface area (Å²) in [7, 11) is 0. The van der Waals surface area contributed by atoms with Crippen LogP contribution in [-0.2, 0) is 4.79 Å². The summed E-state index contributed by atoms with van der Waals surface area (Å²) in [5, 5.41) is 13.9. The summed E-state index contributed by atoms with van der Waals surface area (Å²) in [4.78, 5) is 12.4. The highest BCUT2D eigenvalue weighted by Crippen LogP contribution is 2.23. The van der Waals surface area contributed by atoms with Gasteiger partial charge < -0.3 is 5.73 Å². The molecule has 0 radical (unpaired) electrons. The van der Waals surface area contributed by atoms with E-state index in [0.29, 0.717) is 17.1 Å². The number of nitrogens with two attached hydrogens (primary N) is 1. The fourth-order valence-corrected chi connectivity index (χ4v) is 2.11. The number of anilines is 2. The molecule has 1 unspecified atom stereocenters. The van der Waals surface area contributed by atoms with Crippen LogP contribution < -0.4 is 10.7 Å². The van der Waals surface area contributed by atoms with Gasteiger partial charge in [0.2, 0.25) is 0 Å². The first-order valence-electron chi connectivity index (χ1n) is 6.85. The van der Waals surface area contributed by atoms with E-state index >= 15 is 0 Å². The zero-order chi connectivity index (χ0) is 15.5. The lowest BCUT2D eigenvalue weighted by molar-refractivity contribution is -0.117. The maximum Gasteiger partial charge on any atom is 0.280 e. The Balaban J connectivity index is 1.80. The number of rotatable bonds is 3. The molecule has 2 N–H and O–H groups in total. The van der Waals surface area contributed by atoms with Gasteiger partial charge in [0, 0.05) is 5.69 Å². The summed E-state index contributed by atoms with van der Waals surface area (Å²) in [6, 6.07) is 15.6. The van der Waals surface area contributed by atoms with E-state index in [0.717, 1.165) is 5.69 Å². The number of carbonyl (C=O) groups excluding carboxylic acids is 1. The van der Waals surface area contributed by atoms with Gasteiger partial charge in [-0.1, -0.05) is 18.2 Å². The first-order valence-corrected chi connectivity index (χ1v) is 6.85. The van der Waals surface area contributed by atoms with Crippen molar-refractivity contribution in [2.75, 3.05) is 10.7 Å². The van der Waals surface area contributed by atoms with Crippen LogP contribution in [0.25, 0.3) is 0 Å². The molecule has 0 aromatic heterocycles. The van der Waals surface area contributed by atoms with Gasteiger partial charge in [-0.15, -0.1) is 0 Å². The van der Waals surface area contributed by atoms with Crippen molar-refractivity contribution in [1.82, 2.24) is 0 Å². The van der Waals surface area contributed by atoms with Crippen LogP contribution in [0, 0.1) is 0 Å². The minimum atomic E-state index is -0.683. The van der Waals surface area contributed by atoms with Crippen LogP contribution in [0.1, 0.15) is 6.92 Å². The van der Waals surface area contributed by atoms with Gasteiger partial charge in [-0.2, -0.15) is 20.3 Å². The molecule has 6 heteroatoms. The van der Waals surface area contributed by atoms with Gasteiger partial charge in [0.25, 0.3) is 5.91 Å². The number of hydrazone groups is 1. The molecule has 0 aliphatic carbocycles. The van der Waals surface area contributed by atoms with Gasteiger partial charge >= 0.3 is 0 Å². The Morgan fingerprint density at radius 1 is 1.09 bits per heavy atom. The van der Waals surface area contributed by atoms with E-state index in [4.69, 9.17) is 5.73 Å². The van der Waals surface area contributed by atoms with E-state index in [1.165, 1.54) is 5.01 Å². The second-order valence-electron chi connectivity index (χ2n) is 4.94. The van der Waals surface area contributed by atoms with E-state index < -0.39 is 6.04 Å². The number of nitrogen functional groups attached to an aromatic ring is 1. The minimum absolute atomic E-state index is 0.206. The zero-order valence-corrected chi connectivity index (χ0v) is 12.0. The van der Waals surface area contributed by atoms with Crippen LogP contribution in [0.4, 0.5) is 17.1 Å². The van der Waals surface area contributed by atoms with Gasteiger partial charge in [0.05, 0.1) is 17.1 Å².